The average molecular weight is 437 g/mol. The zero-order valence-electron chi connectivity index (χ0n) is 19.3. The highest BCUT2D eigenvalue weighted by molar-refractivity contribution is 5.93. The van der Waals surface area contributed by atoms with E-state index in [-0.39, 0.29) is 11.9 Å². The van der Waals surface area contributed by atoms with Gasteiger partial charge in [-0.15, -0.1) is 0 Å². The van der Waals surface area contributed by atoms with Gasteiger partial charge in [0.1, 0.15) is 11.6 Å². The molecule has 3 heterocycles. The SMILES string of the molecule is COc1ccc(-c2[nH]ncc2CN2CCC(n3nccc3NC(=O)C(C)(C)C)CC2)cc1. The van der Waals surface area contributed by atoms with Gasteiger partial charge in [0.2, 0.25) is 5.91 Å². The molecule has 8 nitrogen and oxygen atoms in total. The van der Waals surface area contributed by atoms with Gasteiger partial charge in [-0.1, -0.05) is 20.8 Å². The van der Waals surface area contributed by atoms with Crippen LogP contribution in [0, 0.1) is 5.41 Å². The molecule has 0 unspecified atom stereocenters. The van der Waals surface area contributed by atoms with E-state index in [0.29, 0.717) is 0 Å². The van der Waals surface area contributed by atoms with E-state index in [2.05, 4.69) is 25.5 Å². The minimum atomic E-state index is -0.440. The van der Waals surface area contributed by atoms with E-state index in [1.165, 1.54) is 5.56 Å². The van der Waals surface area contributed by atoms with E-state index in [0.717, 1.165) is 55.3 Å². The fraction of sp³-hybridized carbons (Fsp3) is 0.458. The van der Waals surface area contributed by atoms with Crippen molar-refractivity contribution in [1.29, 1.82) is 0 Å². The van der Waals surface area contributed by atoms with Crippen molar-refractivity contribution >= 4 is 11.7 Å². The van der Waals surface area contributed by atoms with E-state index in [1.807, 2.05) is 62.0 Å². The number of rotatable bonds is 6. The molecule has 0 atom stereocenters. The predicted octanol–water partition coefficient (Wildman–Crippen LogP) is 4.10. The third-order valence-electron chi connectivity index (χ3n) is 5.99. The van der Waals surface area contributed by atoms with Crippen LogP contribution < -0.4 is 10.1 Å². The van der Waals surface area contributed by atoms with Crippen molar-refractivity contribution in [3.8, 4) is 17.0 Å². The molecule has 1 aromatic carbocycles. The van der Waals surface area contributed by atoms with Crippen LogP contribution in [-0.4, -0.2) is 51.0 Å². The lowest BCUT2D eigenvalue weighted by Gasteiger charge is -2.32. The lowest BCUT2D eigenvalue weighted by Crippen LogP contribution is -2.35. The Labute approximate surface area is 189 Å². The maximum Gasteiger partial charge on any atom is 0.230 e. The van der Waals surface area contributed by atoms with Crippen LogP contribution in [0.3, 0.4) is 0 Å². The highest BCUT2D eigenvalue weighted by Gasteiger charge is 2.26. The molecule has 1 fully saturated rings. The number of hydrogen-bond acceptors (Lipinski definition) is 5. The Morgan fingerprint density at radius 2 is 1.91 bits per heavy atom. The van der Waals surface area contributed by atoms with Crippen LogP contribution in [0.2, 0.25) is 0 Å². The third-order valence-corrected chi connectivity index (χ3v) is 5.99. The first-order valence-corrected chi connectivity index (χ1v) is 11.1. The molecule has 8 heteroatoms. The van der Waals surface area contributed by atoms with Gasteiger partial charge in [-0.25, -0.2) is 4.68 Å². The second-order valence-corrected chi connectivity index (χ2v) is 9.37. The highest BCUT2D eigenvalue weighted by atomic mass is 16.5. The molecular weight excluding hydrogens is 404 g/mol. The van der Waals surface area contributed by atoms with Crippen molar-refractivity contribution < 1.29 is 9.53 Å². The van der Waals surface area contributed by atoms with E-state index in [1.54, 1.807) is 13.3 Å². The first-order valence-electron chi connectivity index (χ1n) is 11.1. The minimum Gasteiger partial charge on any atom is -0.497 e. The number of hydrogen-bond donors (Lipinski definition) is 2. The van der Waals surface area contributed by atoms with Gasteiger partial charge in [-0.05, 0) is 37.1 Å². The van der Waals surface area contributed by atoms with Gasteiger partial charge in [0.05, 0.1) is 31.2 Å². The van der Waals surface area contributed by atoms with Crippen LogP contribution in [0.1, 0.15) is 45.2 Å². The zero-order chi connectivity index (χ0) is 22.7. The van der Waals surface area contributed by atoms with Crippen molar-refractivity contribution in [2.24, 2.45) is 5.41 Å². The summed E-state index contributed by atoms with van der Waals surface area (Å²) in [5, 5.41) is 15.0. The Morgan fingerprint density at radius 1 is 1.19 bits per heavy atom. The van der Waals surface area contributed by atoms with Crippen LogP contribution in [-0.2, 0) is 11.3 Å². The van der Waals surface area contributed by atoms with Gasteiger partial charge in [0.25, 0.3) is 0 Å². The van der Waals surface area contributed by atoms with Crippen molar-refractivity contribution in [3.05, 3.63) is 48.3 Å². The number of anilines is 1. The Kier molecular flexibility index (Phi) is 6.32. The molecule has 0 bridgehead atoms. The molecular formula is C24H32N6O2. The molecule has 4 rings (SSSR count). The predicted molar refractivity (Wildman–Crippen MR) is 124 cm³/mol. The maximum absolute atomic E-state index is 12.4. The molecule has 0 radical (unpaired) electrons. The number of nitrogens with one attached hydrogen (secondary N) is 2. The lowest BCUT2D eigenvalue weighted by molar-refractivity contribution is -0.123. The Balaban J connectivity index is 1.37. The Bertz CT molecular complexity index is 1040. The first kappa shape index (κ1) is 22.1. The minimum absolute atomic E-state index is 0.00250. The summed E-state index contributed by atoms with van der Waals surface area (Å²) in [7, 11) is 1.67. The number of aromatic amines is 1. The van der Waals surface area contributed by atoms with Crippen molar-refractivity contribution in [2.75, 3.05) is 25.5 Å². The highest BCUT2D eigenvalue weighted by Crippen LogP contribution is 2.29. The topological polar surface area (TPSA) is 88.1 Å². The summed E-state index contributed by atoms with van der Waals surface area (Å²) < 4.78 is 7.23. The smallest absolute Gasteiger partial charge is 0.230 e. The van der Waals surface area contributed by atoms with Crippen LogP contribution in [0.4, 0.5) is 5.82 Å². The molecule has 1 aliphatic heterocycles. The molecule has 1 saturated heterocycles. The molecule has 32 heavy (non-hydrogen) atoms. The zero-order valence-corrected chi connectivity index (χ0v) is 19.3. The van der Waals surface area contributed by atoms with Crippen LogP contribution in [0.5, 0.6) is 5.75 Å². The van der Waals surface area contributed by atoms with Gasteiger partial charge in [-0.2, -0.15) is 10.2 Å². The first-order chi connectivity index (χ1) is 15.3. The molecule has 2 aromatic heterocycles. The van der Waals surface area contributed by atoms with Crippen molar-refractivity contribution in [1.82, 2.24) is 24.9 Å². The number of likely N-dealkylation sites (tertiary alicyclic amines) is 1. The quantitative estimate of drug-likeness (QED) is 0.607. The summed E-state index contributed by atoms with van der Waals surface area (Å²) in [5.41, 5.74) is 2.90. The van der Waals surface area contributed by atoms with Crippen molar-refractivity contribution in [3.63, 3.8) is 0 Å². The lowest BCUT2D eigenvalue weighted by atomic mass is 9.96. The Morgan fingerprint density at radius 3 is 2.56 bits per heavy atom. The molecule has 1 aliphatic rings. The number of carbonyl (C=O) groups is 1. The third kappa shape index (κ3) is 4.85. The molecule has 2 N–H and O–H groups in total. The number of nitrogens with zero attached hydrogens (tertiary/aromatic N) is 4. The number of piperidine rings is 1. The van der Waals surface area contributed by atoms with Crippen LogP contribution in [0.25, 0.3) is 11.3 Å². The number of benzene rings is 1. The van der Waals surface area contributed by atoms with Gasteiger partial charge >= 0.3 is 0 Å². The van der Waals surface area contributed by atoms with Crippen molar-refractivity contribution in [2.45, 2.75) is 46.2 Å². The van der Waals surface area contributed by atoms with E-state index >= 15 is 0 Å². The summed E-state index contributed by atoms with van der Waals surface area (Å²) in [4.78, 5) is 14.9. The molecule has 0 aliphatic carbocycles. The monoisotopic (exact) mass is 436 g/mol. The Hall–Kier alpha value is -3.13. The summed E-state index contributed by atoms with van der Waals surface area (Å²) >= 11 is 0. The molecule has 0 saturated carbocycles. The fourth-order valence-corrected chi connectivity index (χ4v) is 4.01. The van der Waals surface area contributed by atoms with E-state index < -0.39 is 5.41 Å². The summed E-state index contributed by atoms with van der Waals surface area (Å²) in [6.45, 7) is 8.51. The number of ether oxygens (including phenoxy) is 1. The molecule has 0 spiro atoms. The summed E-state index contributed by atoms with van der Waals surface area (Å²) in [5.74, 6) is 1.62. The van der Waals surface area contributed by atoms with Gasteiger partial charge in [-0.3, -0.25) is 14.8 Å². The van der Waals surface area contributed by atoms with Crippen LogP contribution >= 0.6 is 0 Å². The van der Waals surface area contributed by atoms with Crippen LogP contribution in [0.15, 0.2) is 42.7 Å². The van der Waals surface area contributed by atoms with E-state index in [4.69, 9.17) is 4.74 Å². The fourth-order valence-electron chi connectivity index (χ4n) is 4.01. The number of methoxy groups -OCH3 is 1. The number of aromatic nitrogens is 4. The summed E-state index contributed by atoms with van der Waals surface area (Å²) in [6.07, 6.45) is 5.64. The molecule has 3 aromatic rings. The standard InChI is InChI=1S/C24H32N6O2/c1-24(2,3)23(31)27-21-9-12-26-30(21)19-10-13-29(14-11-19)16-18-15-25-28-22(18)17-5-7-20(32-4)8-6-17/h5-9,12,15,19H,10-11,13-14,16H2,1-4H3,(H,25,28)(H,27,31). The van der Waals surface area contributed by atoms with Gasteiger partial charge < -0.3 is 10.1 Å². The second kappa shape index (κ2) is 9.16. The van der Waals surface area contributed by atoms with E-state index in [9.17, 15) is 4.79 Å². The normalized spacial score (nSPS) is 15.6. The molecule has 170 valence electrons. The maximum atomic E-state index is 12.4. The number of amides is 1. The number of carbonyl (C=O) groups excluding carboxylic acids is 1. The van der Waals surface area contributed by atoms with Gasteiger partial charge in [0, 0.05) is 42.2 Å². The summed E-state index contributed by atoms with van der Waals surface area (Å²) in [6, 6.07) is 10.2. The second-order valence-electron chi connectivity index (χ2n) is 9.37. The largest absolute Gasteiger partial charge is 0.497 e. The molecule has 1 amide bonds. The van der Waals surface area contributed by atoms with Gasteiger partial charge in [0.15, 0.2) is 0 Å². The average Bonchev–Trinajstić information content (AvgIpc) is 3.43. The number of H-pyrrole nitrogens is 1.